The van der Waals surface area contributed by atoms with Gasteiger partial charge in [0.15, 0.2) is 0 Å². The molecule has 0 saturated carbocycles. The molecule has 0 atom stereocenters. The third kappa shape index (κ3) is 5.84. The third-order valence-electron chi connectivity index (χ3n) is 4.53. The number of carbonyl (C=O) groups is 2. The first kappa shape index (κ1) is 20.5. The average molecular weight is 368 g/mol. The van der Waals surface area contributed by atoms with Crippen LogP contribution in [0.3, 0.4) is 0 Å². The van der Waals surface area contributed by atoms with Crippen LogP contribution in [-0.4, -0.2) is 43.5 Å². The van der Waals surface area contributed by atoms with E-state index in [0.29, 0.717) is 19.5 Å². The van der Waals surface area contributed by atoms with Crippen molar-refractivity contribution in [2.45, 2.75) is 27.2 Å². The van der Waals surface area contributed by atoms with Gasteiger partial charge in [0.05, 0.1) is 7.11 Å². The largest absolute Gasteiger partial charge is 0.497 e. The number of hydrogen-bond acceptors (Lipinski definition) is 3. The highest BCUT2D eigenvalue weighted by atomic mass is 16.5. The molecule has 0 bridgehead atoms. The molecule has 0 aromatic heterocycles. The van der Waals surface area contributed by atoms with Gasteiger partial charge in [0.2, 0.25) is 11.8 Å². The summed E-state index contributed by atoms with van der Waals surface area (Å²) in [5.74, 6) is 0.624. The molecule has 0 unspecified atom stereocenters. The Morgan fingerprint density at radius 1 is 1.07 bits per heavy atom. The molecule has 0 radical (unpaired) electrons. The van der Waals surface area contributed by atoms with E-state index in [0.717, 1.165) is 22.6 Å². The Morgan fingerprint density at radius 2 is 1.78 bits per heavy atom. The minimum Gasteiger partial charge on any atom is -0.497 e. The number of hydrogen-bond donors (Lipinski definition) is 0. The monoisotopic (exact) mass is 368 g/mol. The van der Waals surface area contributed by atoms with Crippen LogP contribution in [0.4, 0.5) is 5.69 Å². The molecule has 2 rings (SSSR count). The van der Waals surface area contributed by atoms with E-state index >= 15 is 0 Å². The Kier molecular flexibility index (Phi) is 7.41. The molecule has 0 saturated heterocycles. The molecular weight excluding hydrogens is 340 g/mol. The molecule has 2 amide bonds. The molecule has 0 N–H and O–H groups in total. The second-order valence-electron chi connectivity index (χ2n) is 6.52. The van der Waals surface area contributed by atoms with Crippen molar-refractivity contribution in [3.05, 3.63) is 59.7 Å². The maximum atomic E-state index is 12.8. The zero-order chi connectivity index (χ0) is 19.8. The number of amides is 2. The maximum Gasteiger partial charge on any atom is 0.246 e. The van der Waals surface area contributed by atoms with Gasteiger partial charge in [-0.1, -0.05) is 24.3 Å². The second-order valence-corrected chi connectivity index (χ2v) is 6.52. The van der Waals surface area contributed by atoms with Crippen molar-refractivity contribution in [2.75, 3.05) is 31.6 Å². The Balaban J connectivity index is 2.02. The lowest BCUT2D eigenvalue weighted by Gasteiger charge is -2.26. The van der Waals surface area contributed by atoms with Crippen molar-refractivity contribution in [1.82, 2.24) is 4.90 Å². The molecule has 0 aliphatic heterocycles. The molecule has 2 aromatic rings. The van der Waals surface area contributed by atoms with E-state index in [9.17, 15) is 9.59 Å². The highest BCUT2D eigenvalue weighted by Gasteiger charge is 2.19. The van der Waals surface area contributed by atoms with Crippen LogP contribution >= 0.6 is 0 Å². The molecule has 0 spiro atoms. The Hall–Kier alpha value is -2.82. The lowest BCUT2D eigenvalue weighted by molar-refractivity contribution is -0.133. The van der Waals surface area contributed by atoms with Gasteiger partial charge in [-0.3, -0.25) is 9.59 Å². The summed E-state index contributed by atoms with van der Waals surface area (Å²) >= 11 is 0. The van der Waals surface area contributed by atoms with E-state index in [-0.39, 0.29) is 18.4 Å². The fourth-order valence-corrected chi connectivity index (χ4v) is 2.95. The first-order valence-corrected chi connectivity index (χ1v) is 9.20. The van der Waals surface area contributed by atoms with Crippen LogP contribution in [0.1, 0.15) is 25.0 Å². The highest BCUT2D eigenvalue weighted by molar-refractivity contribution is 5.96. The molecule has 5 heteroatoms. The average Bonchev–Trinajstić information content (AvgIpc) is 2.66. The van der Waals surface area contributed by atoms with Crippen LogP contribution in [0.5, 0.6) is 5.75 Å². The summed E-state index contributed by atoms with van der Waals surface area (Å²) in [6, 6.07) is 15.6. The molecule has 0 aliphatic carbocycles. The standard InChI is InChI=1S/C22H28N2O3/c1-5-24(20-8-6-7-17(2)15-20)22(26)16-23(18(3)25)14-13-19-9-11-21(27-4)12-10-19/h6-12,15H,5,13-14,16H2,1-4H3. The quantitative estimate of drug-likeness (QED) is 0.717. The number of ether oxygens (including phenoxy) is 1. The van der Waals surface area contributed by atoms with Crippen LogP contribution in [0.15, 0.2) is 48.5 Å². The highest BCUT2D eigenvalue weighted by Crippen LogP contribution is 2.17. The lowest BCUT2D eigenvalue weighted by Crippen LogP contribution is -2.43. The van der Waals surface area contributed by atoms with Crippen molar-refractivity contribution in [3.63, 3.8) is 0 Å². The minimum absolute atomic E-state index is 0.0759. The van der Waals surface area contributed by atoms with Crippen molar-refractivity contribution < 1.29 is 14.3 Å². The maximum absolute atomic E-state index is 12.8. The first-order valence-electron chi connectivity index (χ1n) is 9.20. The van der Waals surface area contributed by atoms with E-state index in [2.05, 4.69) is 0 Å². The van der Waals surface area contributed by atoms with Gasteiger partial charge in [-0.15, -0.1) is 0 Å². The van der Waals surface area contributed by atoms with Crippen LogP contribution in [0, 0.1) is 6.92 Å². The number of likely N-dealkylation sites (N-methyl/N-ethyl adjacent to an activating group) is 1. The molecule has 5 nitrogen and oxygen atoms in total. The molecular formula is C22H28N2O3. The van der Waals surface area contributed by atoms with Crippen molar-refractivity contribution in [2.24, 2.45) is 0 Å². The topological polar surface area (TPSA) is 49.9 Å². The number of anilines is 1. The Bertz CT molecular complexity index is 771. The summed E-state index contributed by atoms with van der Waals surface area (Å²) < 4.78 is 5.16. The SMILES string of the molecule is CCN(C(=O)CN(CCc1ccc(OC)cc1)C(C)=O)c1cccc(C)c1. The smallest absolute Gasteiger partial charge is 0.246 e. The zero-order valence-corrected chi connectivity index (χ0v) is 16.6. The fraction of sp³-hybridized carbons (Fsp3) is 0.364. The minimum atomic E-state index is -0.0999. The van der Waals surface area contributed by atoms with Gasteiger partial charge in [-0.05, 0) is 55.7 Å². The molecule has 0 fully saturated rings. The van der Waals surface area contributed by atoms with Crippen LogP contribution in [0.2, 0.25) is 0 Å². The van der Waals surface area contributed by atoms with E-state index < -0.39 is 0 Å². The van der Waals surface area contributed by atoms with E-state index in [4.69, 9.17) is 4.74 Å². The summed E-state index contributed by atoms with van der Waals surface area (Å²) in [5.41, 5.74) is 3.06. The van der Waals surface area contributed by atoms with Crippen LogP contribution in [-0.2, 0) is 16.0 Å². The number of nitrogens with zero attached hydrogens (tertiary/aromatic N) is 2. The Morgan fingerprint density at radius 3 is 2.33 bits per heavy atom. The summed E-state index contributed by atoms with van der Waals surface area (Å²) in [6.45, 7) is 6.58. The first-order chi connectivity index (χ1) is 12.9. The fourth-order valence-electron chi connectivity index (χ4n) is 2.95. The third-order valence-corrected chi connectivity index (χ3v) is 4.53. The molecule has 144 valence electrons. The van der Waals surface area contributed by atoms with Crippen molar-refractivity contribution in [3.8, 4) is 5.75 Å². The van der Waals surface area contributed by atoms with Crippen LogP contribution in [0.25, 0.3) is 0 Å². The second kappa shape index (κ2) is 9.76. The number of carbonyl (C=O) groups excluding carboxylic acids is 2. The zero-order valence-electron chi connectivity index (χ0n) is 16.6. The van der Waals surface area contributed by atoms with Gasteiger partial charge in [0.1, 0.15) is 12.3 Å². The van der Waals surface area contributed by atoms with E-state index in [1.165, 1.54) is 6.92 Å². The van der Waals surface area contributed by atoms with Gasteiger partial charge in [-0.25, -0.2) is 0 Å². The van der Waals surface area contributed by atoms with Gasteiger partial charge in [0.25, 0.3) is 0 Å². The lowest BCUT2D eigenvalue weighted by atomic mass is 10.1. The van der Waals surface area contributed by atoms with Gasteiger partial charge >= 0.3 is 0 Å². The van der Waals surface area contributed by atoms with Gasteiger partial charge < -0.3 is 14.5 Å². The molecule has 0 heterocycles. The van der Waals surface area contributed by atoms with Crippen molar-refractivity contribution >= 4 is 17.5 Å². The van der Waals surface area contributed by atoms with Crippen LogP contribution < -0.4 is 9.64 Å². The molecule has 2 aromatic carbocycles. The predicted octanol–water partition coefficient (Wildman–Crippen LogP) is 3.45. The molecule has 0 aliphatic rings. The predicted molar refractivity (Wildman–Crippen MR) is 108 cm³/mol. The molecule has 27 heavy (non-hydrogen) atoms. The normalized spacial score (nSPS) is 10.4. The number of benzene rings is 2. The number of methoxy groups -OCH3 is 1. The number of rotatable bonds is 8. The van der Waals surface area contributed by atoms with E-state index in [1.807, 2.05) is 62.4 Å². The summed E-state index contributed by atoms with van der Waals surface area (Å²) in [4.78, 5) is 28.2. The van der Waals surface area contributed by atoms with Crippen molar-refractivity contribution in [1.29, 1.82) is 0 Å². The van der Waals surface area contributed by atoms with E-state index in [1.54, 1.807) is 16.9 Å². The summed E-state index contributed by atoms with van der Waals surface area (Å²) in [6.07, 6.45) is 0.688. The van der Waals surface area contributed by atoms with Gasteiger partial charge in [-0.2, -0.15) is 0 Å². The number of aryl methyl sites for hydroxylation is 1. The summed E-state index contributed by atoms with van der Waals surface area (Å²) in [5, 5.41) is 0. The summed E-state index contributed by atoms with van der Waals surface area (Å²) in [7, 11) is 1.63. The van der Waals surface area contributed by atoms with Gasteiger partial charge in [0, 0.05) is 25.7 Å². The Labute approximate surface area is 161 Å².